The number of fused-ring (bicyclic) bond motifs is 1. The average molecular weight is 403 g/mol. The van der Waals surface area contributed by atoms with Crippen molar-refractivity contribution in [2.45, 2.75) is 18.9 Å². The molecule has 154 valence electrons. The minimum absolute atomic E-state index is 0.176. The first kappa shape index (κ1) is 19.8. The summed E-state index contributed by atoms with van der Waals surface area (Å²) >= 11 is 0. The molecule has 30 heavy (non-hydrogen) atoms. The van der Waals surface area contributed by atoms with Crippen LogP contribution >= 0.6 is 0 Å². The van der Waals surface area contributed by atoms with Gasteiger partial charge in [-0.3, -0.25) is 9.59 Å². The summed E-state index contributed by atoms with van der Waals surface area (Å²) in [6.45, 7) is 1.54. The summed E-state index contributed by atoms with van der Waals surface area (Å²) in [6.07, 6.45) is 3.25. The predicted molar refractivity (Wildman–Crippen MR) is 115 cm³/mol. The third-order valence-corrected chi connectivity index (χ3v) is 5.38. The van der Waals surface area contributed by atoms with Crippen LogP contribution in [0.5, 0.6) is 0 Å². The molecule has 2 aromatic carbocycles. The molecular formula is C24H25N3O3. The molecule has 0 radical (unpaired) electrons. The number of carbonyl (C=O) groups is 2. The van der Waals surface area contributed by atoms with Crippen molar-refractivity contribution in [3.63, 3.8) is 0 Å². The summed E-state index contributed by atoms with van der Waals surface area (Å²) in [6, 6.07) is 21.6. The molecule has 3 aromatic rings. The summed E-state index contributed by atoms with van der Waals surface area (Å²) < 4.78 is 5.64. The van der Waals surface area contributed by atoms with E-state index in [1.165, 1.54) is 5.56 Å². The molecule has 0 fully saturated rings. The molecule has 1 aliphatic rings. The molecular weight excluding hydrogens is 378 g/mol. The fourth-order valence-electron chi connectivity index (χ4n) is 3.85. The summed E-state index contributed by atoms with van der Waals surface area (Å²) in [5, 5.41) is 5.46. The molecule has 1 aliphatic heterocycles. The van der Waals surface area contributed by atoms with Crippen molar-refractivity contribution >= 4 is 17.5 Å². The van der Waals surface area contributed by atoms with Gasteiger partial charge in [0, 0.05) is 25.3 Å². The average Bonchev–Trinajstić information content (AvgIpc) is 3.45. The quantitative estimate of drug-likeness (QED) is 0.595. The predicted octanol–water partition coefficient (Wildman–Crippen LogP) is 2.86. The Morgan fingerprint density at radius 3 is 2.50 bits per heavy atom. The lowest BCUT2D eigenvalue weighted by Crippen LogP contribution is -2.44. The fourth-order valence-corrected chi connectivity index (χ4v) is 3.85. The van der Waals surface area contributed by atoms with Gasteiger partial charge < -0.3 is 20.0 Å². The Hall–Kier alpha value is -3.54. The Labute approximate surface area is 175 Å². The van der Waals surface area contributed by atoms with E-state index in [9.17, 15) is 9.59 Å². The second-order valence-corrected chi connectivity index (χ2v) is 7.30. The summed E-state index contributed by atoms with van der Waals surface area (Å²) in [7, 11) is 0. The van der Waals surface area contributed by atoms with Crippen LogP contribution in [0.25, 0.3) is 0 Å². The van der Waals surface area contributed by atoms with E-state index in [-0.39, 0.29) is 12.6 Å². The summed E-state index contributed by atoms with van der Waals surface area (Å²) in [5.41, 5.74) is 3.53. The Kier molecular flexibility index (Phi) is 6.13. The third-order valence-electron chi connectivity index (χ3n) is 5.38. The highest BCUT2D eigenvalue weighted by Gasteiger charge is 2.29. The van der Waals surface area contributed by atoms with Crippen molar-refractivity contribution in [1.29, 1.82) is 0 Å². The lowest BCUT2D eigenvalue weighted by molar-refractivity contribution is -0.139. The number of hydrogen-bond acceptors (Lipinski definition) is 4. The molecule has 2 N–H and O–H groups in total. The molecule has 6 nitrogen and oxygen atoms in total. The Morgan fingerprint density at radius 1 is 0.933 bits per heavy atom. The first-order chi connectivity index (χ1) is 14.7. The lowest BCUT2D eigenvalue weighted by Gasteiger charge is -2.29. The molecule has 0 aliphatic carbocycles. The highest BCUT2D eigenvalue weighted by Crippen LogP contribution is 2.34. The zero-order valence-electron chi connectivity index (χ0n) is 16.7. The van der Waals surface area contributed by atoms with Crippen molar-refractivity contribution in [3.8, 4) is 0 Å². The van der Waals surface area contributed by atoms with Gasteiger partial charge in [0.1, 0.15) is 11.8 Å². The number of benzene rings is 2. The van der Waals surface area contributed by atoms with E-state index in [0.717, 1.165) is 30.0 Å². The number of furan rings is 1. The van der Waals surface area contributed by atoms with Crippen LogP contribution in [0, 0.1) is 0 Å². The molecule has 2 heterocycles. The van der Waals surface area contributed by atoms with E-state index < -0.39 is 11.8 Å². The van der Waals surface area contributed by atoms with Crippen LogP contribution in [0.15, 0.2) is 77.4 Å². The molecule has 1 unspecified atom stereocenters. The van der Waals surface area contributed by atoms with Crippen molar-refractivity contribution in [2.24, 2.45) is 0 Å². The minimum atomic E-state index is -0.632. The Morgan fingerprint density at radius 2 is 1.70 bits per heavy atom. The maximum absolute atomic E-state index is 12.3. The molecule has 2 amide bonds. The number of para-hydroxylation sites is 1. The standard InChI is InChI=1S/C24H25N3O3/c28-23(25-14-12-18-7-2-1-3-8-18)24(29)26-17-21(22-11-6-16-30-22)27-15-13-19-9-4-5-10-20(19)27/h1-11,16,21H,12-15,17H2,(H,25,28)(H,26,29). The first-order valence-electron chi connectivity index (χ1n) is 10.2. The van der Waals surface area contributed by atoms with Crippen LogP contribution in [0.4, 0.5) is 5.69 Å². The van der Waals surface area contributed by atoms with Gasteiger partial charge in [0.2, 0.25) is 0 Å². The van der Waals surface area contributed by atoms with Gasteiger partial charge >= 0.3 is 11.8 Å². The fraction of sp³-hybridized carbons (Fsp3) is 0.250. The number of nitrogens with one attached hydrogen (secondary N) is 2. The molecule has 4 rings (SSSR count). The van der Waals surface area contributed by atoms with Crippen LogP contribution < -0.4 is 15.5 Å². The molecule has 0 bridgehead atoms. The normalized spacial score (nSPS) is 13.5. The second kappa shape index (κ2) is 9.31. The van der Waals surface area contributed by atoms with Crippen LogP contribution in [0.3, 0.4) is 0 Å². The van der Waals surface area contributed by atoms with Crippen molar-refractivity contribution < 1.29 is 14.0 Å². The topological polar surface area (TPSA) is 74.6 Å². The van der Waals surface area contributed by atoms with Crippen LogP contribution in [-0.2, 0) is 22.4 Å². The van der Waals surface area contributed by atoms with Crippen LogP contribution in [0.2, 0.25) is 0 Å². The Bertz CT molecular complexity index is 986. The van der Waals surface area contributed by atoms with Gasteiger partial charge in [0.05, 0.1) is 6.26 Å². The van der Waals surface area contributed by atoms with Gasteiger partial charge in [0.25, 0.3) is 0 Å². The number of nitrogens with zero attached hydrogens (tertiary/aromatic N) is 1. The SMILES string of the molecule is O=C(NCCc1ccccc1)C(=O)NCC(c1ccco1)N1CCc2ccccc21. The van der Waals surface area contributed by atoms with Crippen LogP contribution in [-0.4, -0.2) is 31.4 Å². The van der Waals surface area contributed by atoms with E-state index in [1.54, 1.807) is 6.26 Å². The molecule has 0 saturated heterocycles. The van der Waals surface area contributed by atoms with E-state index in [0.29, 0.717) is 13.0 Å². The highest BCUT2D eigenvalue weighted by atomic mass is 16.3. The summed E-state index contributed by atoms with van der Waals surface area (Å²) in [5.74, 6) is -0.491. The largest absolute Gasteiger partial charge is 0.467 e. The van der Waals surface area contributed by atoms with Gasteiger partial charge in [0.15, 0.2) is 0 Å². The van der Waals surface area contributed by atoms with Gasteiger partial charge in [-0.1, -0.05) is 48.5 Å². The minimum Gasteiger partial charge on any atom is -0.467 e. The number of rotatable bonds is 7. The van der Waals surface area contributed by atoms with Gasteiger partial charge in [-0.15, -0.1) is 0 Å². The first-order valence-corrected chi connectivity index (χ1v) is 10.2. The van der Waals surface area contributed by atoms with E-state index in [2.05, 4.69) is 27.7 Å². The van der Waals surface area contributed by atoms with Gasteiger partial charge in [-0.2, -0.15) is 0 Å². The molecule has 1 atom stereocenters. The van der Waals surface area contributed by atoms with Gasteiger partial charge in [-0.05, 0) is 42.2 Å². The van der Waals surface area contributed by atoms with E-state index in [4.69, 9.17) is 4.42 Å². The third kappa shape index (κ3) is 4.54. The maximum Gasteiger partial charge on any atom is 0.309 e. The number of amides is 2. The number of anilines is 1. The smallest absolute Gasteiger partial charge is 0.309 e. The van der Waals surface area contributed by atoms with Crippen molar-refractivity contribution in [2.75, 3.05) is 24.5 Å². The molecule has 0 saturated carbocycles. The Balaban J connectivity index is 1.35. The zero-order valence-corrected chi connectivity index (χ0v) is 16.7. The summed E-state index contributed by atoms with van der Waals surface area (Å²) in [4.78, 5) is 26.8. The molecule has 1 aromatic heterocycles. The maximum atomic E-state index is 12.3. The lowest BCUT2D eigenvalue weighted by atomic mass is 10.1. The number of hydrogen-bond donors (Lipinski definition) is 2. The monoisotopic (exact) mass is 403 g/mol. The van der Waals surface area contributed by atoms with E-state index in [1.807, 2.05) is 54.6 Å². The van der Waals surface area contributed by atoms with Crippen molar-refractivity contribution in [1.82, 2.24) is 10.6 Å². The number of carbonyl (C=O) groups excluding carboxylic acids is 2. The molecule has 6 heteroatoms. The van der Waals surface area contributed by atoms with Crippen molar-refractivity contribution in [3.05, 3.63) is 89.9 Å². The highest BCUT2D eigenvalue weighted by molar-refractivity contribution is 6.35. The van der Waals surface area contributed by atoms with E-state index >= 15 is 0 Å². The van der Waals surface area contributed by atoms with Gasteiger partial charge in [-0.25, -0.2) is 0 Å². The zero-order chi connectivity index (χ0) is 20.8. The molecule has 0 spiro atoms. The second-order valence-electron chi connectivity index (χ2n) is 7.30. The van der Waals surface area contributed by atoms with Crippen LogP contribution in [0.1, 0.15) is 22.9 Å².